The van der Waals surface area contributed by atoms with E-state index in [1.165, 1.54) is 0 Å². The van der Waals surface area contributed by atoms with E-state index in [0.717, 1.165) is 34.9 Å². The maximum atomic E-state index is 12.9. The molecule has 9 heteroatoms. The van der Waals surface area contributed by atoms with Crippen LogP contribution in [-0.4, -0.2) is 40.6 Å². The molecule has 0 atom stereocenters. The quantitative estimate of drug-likeness (QED) is 0.476. The van der Waals surface area contributed by atoms with Gasteiger partial charge in [-0.15, -0.1) is 10.2 Å². The third kappa shape index (κ3) is 4.42. The molecule has 2 heterocycles. The van der Waals surface area contributed by atoms with E-state index < -0.39 is 10.0 Å². The summed E-state index contributed by atoms with van der Waals surface area (Å²) in [5.74, 6) is 1.42. The monoisotopic (exact) mass is 462 g/mol. The summed E-state index contributed by atoms with van der Waals surface area (Å²) in [4.78, 5) is 0.308. The van der Waals surface area contributed by atoms with E-state index >= 15 is 0 Å². The van der Waals surface area contributed by atoms with E-state index in [-0.39, 0.29) is 0 Å². The van der Waals surface area contributed by atoms with Crippen molar-refractivity contribution >= 4 is 33.4 Å². The number of benzene rings is 2. The van der Waals surface area contributed by atoms with Gasteiger partial charge in [-0.05, 0) is 49.6 Å². The molecule has 1 aliphatic rings. The number of hydrogen-bond donors (Lipinski definition) is 0. The van der Waals surface area contributed by atoms with Gasteiger partial charge >= 0.3 is 0 Å². The van der Waals surface area contributed by atoms with Gasteiger partial charge in [0, 0.05) is 36.0 Å². The standard InChI is InChI=1S/C21H23ClN4O2S2/c1-2-26-20(23-24-21(26)29-15-16-8-10-18(22)11-9-16)17-6-5-7-19(14-17)30(27,28)25-12-3-4-13-25/h5-11,14H,2-4,12-13,15H2,1H3. The number of nitrogens with zero attached hydrogens (tertiary/aromatic N) is 4. The molecule has 3 aromatic rings. The van der Waals surface area contributed by atoms with Gasteiger partial charge in [0.2, 0.25) is 10.0 Å². The largest absolute Gasteiger partial charge is 0.302 e. The smallest absolute Gasteiger partial charge is 0.243 e. The van der Waals surface area contributed by atoms with Crippen LogP contribution in [0.5, 0.6) is 0 Å². The third-order valence-corrected chi connectivity index (χ3v) is 8.29. The van der Waals surface area contributed by atoms with Crippen molar-refractivity contribution in [3.8, 4) is 11.4 Å². The minimum atomic E-state index is -3.47. The van der Waals surface area contributed by atoms with Gasteiger partial charge in [0.15, 0.2) is 11.0 Å². The molecule has 30 heavy (non-hydrogen) atoms. The van der Waals surface area contributed by atoms with Gasteiger partial charge < -0.3 is 4.57 Å². The first kappa shape index (κ1) is 21.4. The lowest BCUT2D eigenvalue weighted by Crippen LogP contribution is -2.27. The molecular weight excluding hydrogens is 440 g/mol. The Bertz CT molecular complexity index is 1120. The lowest BCUT2D eigenvalue weighted by atomic mass is 10.2. The highest BCUT2D eigenvalue weighted by Gasteiger charge is 2.27. The molecule has 1 fully saturated rings. The van der Waals surface area contributed by atoms with Crippen LogP contribution in [0, 0.1) is 0 Å². The van der Waals surface area contributed by atoms with E-state index in [1.807, 2.05) is 41.8 Å². The van der Waals surface area contributed by atoms with Gasteiger partial charge in [0.25, 0.3) is 0 Å². The van der Waals surface area contributed by atoms with Crippen LogP contribution in [0.4, 0.5) is 0 Å². The Morgan fingerprint density at radius 2 is 1.80 bits per heavy atom. The van der Waals surface area contributed by atoms with Crippen LogP contribution in [0.25, 0.3) is 11.4 Å². The molecule has 0 saturated carbocycles. The second kappa shape index (κ2) is 9.09. The van der Waals surface area contributed by atoms with Gasteiger partial charge in [-0.2, -0.15) is 4.31 Å². The van der Waals surface area contributed by atoms with Crippen LogP contribution in [0.3, 0.4) is 0 Å². The van der Waals surface area contributed by atoms with E-state index in [0.29, 0.717) is 35.4 Å². The summed E-state index contributed by atoms with van der Waals surface area (Å²) in [6.07, 6.45) is 1.83. The molecule has 0 N–H and O–H groups in total. The van der Waals surface area contributed by atoms with Crippen LogP contribution in [0.1, 0.15) is 25.3 Å². The second-order valence-corrected chi connectivity index (χ2v) is 10.4. The average molecular weight is 463 g/mol. The van der Waals surface area contributed by atoms with Gasteiger partial charge in [-0.25, -0.2) is 8.42 Å². The van der Waals surface area contributed by atoms with Gasteiger partial charge in [-0.3, -0.25) is 0 Å². The fourth-order valence-corrected chi connectivity index (χ4v) is 6.14. The normalized spacial score (nSPS) is 15.0. The number of sulfonamides is 1. The van der Waals surface area contributed by atoms with Crippen molar-refractivity contribution < 1.29 is 8.42 Å². The third-order valence-electron chi connectivity index (χ3n) is 5.11. The van der Waals surface area contributed by atoms with Crippen molar-refractivity contribution in [2.75, 3.05) is 13.1 Å². The lowest BCUT2D eigenvalue weighted by molar-refractivity contribution is 0.477. The zero-order valence-electron chi connectivity index (χ0n) is 16.7. The van der Waals surface area contributed by atoms with Crippen LogP contribution in [0.2, 0.25) is 5.02 Å². The molecule has 1 aromatic heterocycles. The summed E-state index contributed by atoms with van der Waals surface area (Å²) in [5, 5.41) is 10.2. The Labute approximate surface area is 186 Å². The predicted molar refractivity (Wildman–Crippen MR) is 120 cm³/mol. The van der Waals surface area contributed by atoms with Crippen molar-refractivity contribution in [1.82, 2.24) is 19.1 Å². The Kier molecular flexibility index (Phi) is 6.48. The molecule has 1 aliphatic heterocycles. The first-order chi connectivity index (χ1) is 14.5. The number of aromatic nitrogens is 3. The topological polar surface area (TPSA) is 68.1 Å². The molecule has 0 bridgehead atoms. The summed E-state index contributed by atoms with van der Waals surface area (Å²) < 4.78 is 29.4. The van der Waals surface area contributed by atoms with Gasteiger partial charge in [0.1, 0.15) is 0 Å². The van der Waals surface area contributed by atoms with E-state index in [9.17, 15) is 8.42 Å². The summed E-state index contributed by atoms with van der Waals surface area (Å²) in [7, 11) is -3.47. The number of thioether (sulfide) groups is 1. The Morgan fingerprint density at radius 1 is 1.07 bits per heavy atom. The highest BCUT2D eigenvalue weighted by atomic mass is 35.5. The first-order valence-corrected chi connectivity index (χ1v) is 12.7. The first-order valence-electron chi connectivity index (χ1n) is 9.90. The van der Waals surface area contributed by atoms with Crippen LogP contribution in [0.15, 0.2) is 58.6 Å². The highest BCUT2D eigenvalue weighted by Crippen LogP contribution is 2.29. The molecule has 0 spiro atoms. The van der Waals surface area contributed by atoms with E-state index in [2.05, 4.69) is 10.2 Å². The maximum absolute atomic E-state index is 12.9. The zero-order valence-corrected chi connectivity index (χ0v) is 19.1. The molecule has 0 aliphatic carbocycles. The molecule has 158 valence electrons. The molecule has 0 radical (unpaired) electrons. The summed E-state index contributed by atoms with van der Waals surface area (Å²) in [6.45, 7) is 3.89. The summed E-state index contributed by atoms with van der Waals surface area (Å²) in [5.41, 5.74) is 1.90. The number of halogens is 1. The minimum absolute atomic E-state index is 0.308. The summed E-state index contributed by atoms with van der Waals surface area (Å²) in [6, 6.07) is 14.8. The molecule has 1 saturated heterocycles. The number of hydrogen-bond acceptors (Lipinski definition) is 5. The van der Waals surface area contributed by atoms with Crippen LogP contribution >= 0.6 is 23.4 Å². The van der Waals surface area contributed by atoms with Crippen molar-refractivity contribution in [2.24, 2.45) is 0 Å². The fraction of sp³-hybridized carbons (Fsp3) is 0.333. The van der Waals surface area contributed by atoms with Gasteiger partial charge in [-0.1, -0.05) is 47.6 Å². The maximum Gasteiger partial charge on any atom is 0.243 e. The Hall–Kier alpha value is -1.87. The molecule has 4 rings (SSSR count). The Morgan fingerprint density at radius 3 is 2.50 bits per heavy atom. The minimum Gasteiger partial charge on any atom is -0.302 e. The van der Waals surface area contributed by atoms with Crippen LogP contribution < -0.4 is 0 Å². The van der Waals surface area contributed by atoms with Gasteiger partial charge in [0.05, 0.1) is 4.90 Å². The Balaban J connectivity index is 1.59. The van der Waals surface area contributed by atoms with Crippen molar-refractivity contribution in [3.05, 3.63) is 59.1 Å². The lowest BCUT2D eigenvalue weighted by Gasteiger charge is -2.16. The highest BCUT2D eigenvalue weighted by molar-refractivity contribution is 7.98. The van der Waals surface area contributed by atoms with E-state index in [4.69, 9.17) is 11.6 Å². The molecule has 2 aromatic carbocycles. The second-order valence-electron chi connectivity index (χ2n) is 7.10. The van der Waals surface area contributed by atoms with Crippen molar-refractivity contribution in [1.29, 1.82) is 0 Å². The average Bonchev–Trinajstić information content (AvgIpc) is 3.44. The number of rotatable bonds is 7. The van der Waals surface area contributed by atoms with Crippen molar-refractivity contribution in [2.45, 2.75) is 42.1 Å². The van der Waals surface area contributed by atoms with Crippen molar-refractivity contribution in [3.63, 3.8) is 0 Å². The molecule has 6 nitrogen and oxygen atoms in total. The fourth-order valence-electron chi connectivity index (χ4n) is 3.50. The molecular formula is C21H23ClN4O2S2. The summed E-state index contributed by atoms with van der Waals surface area (Å²) >= 11 is 7.55. The molecule has 0 amide bonds. The van der Waals surface area contributed by atoms with E-state index in [1.54, 1.807) is 34.3 Å². The van der Waals surface area contributed by atoms with Crippen LogP contribution in [-0.2, 0) is 22.3 Å². The predicted octanol–water partition coefficient (Wildman–Crippen LogP) is 4.70. The zero-order chi connectivity index (χ0) is 21.1. The SMILES string of the molecule is CCn1c(SCc2ccc(Cl)cc2)nnc1-c1cccc(S(=O)(=O)N2CCCC2)c1. The molecule has 0 unspecified atom stereocenters.